The van der Waals surface area contributed by atoms with Crippen molar-refractivity contribution >= 4 is 5.78 Å². The number of carbonyl (C=O) groups excluding carboxylic acids is 1. The Labute approximate surface area is 101 Å². The molecule has 1 aliphatic rings. The van der Waals surface area contributed by atoms with Crippen molar-refractivity contribution in [3.63, 3.8) is 0 Å². The van der Waals surface area contributed by atoms with Gasteiger partial charge >= 0.3 is 0 Å². The minimum absolute atomic E-state index is 0.126. The standard InChI is InChI=1S/C12H20N4O/c1-2-16-12(14-8-15-16)7-11(17)9-4-3-5-10(13)6-9/h8-10H,2-7,13H2,1H3. The molecule has 0 aliphatic heterocycles. The van der Waals surface area contributed by atoms with Crippen LogP contribution in [0.4, 0.5) is 0 Å². The van der Waals surface area contributed by atoms with Crippen LogP contribution in [0.1, 0.15) is 38.4 Å². The molecule has 2 N–H and O–H groups in total. The molecule has 0 amide bonds. The van der Waals surface area contributed by atoms with E-state index in [1.165, 1.54) is 6.33 Å². The van der Waals surface area contributed by atoms with Crippen LogP contribution >= 0.6 is 0 Å². The maximum atomic E-state index is 12.1. The summed E-state index contributed by atoms with van der Waals surface area (Å²) in [5, 5.41) is 4.08. The summed E-state index contributed by atoms with van der Waals surface area (Å²) < 4.78 is 1.78. The number of hydrogen-bond donors (Lipinski definition) is 1. The smallest absolute Gasteiger partial charge is 0.143 e. The summed E-state index contributed by atoms with van der Waals surface area (Å²) in [5.74, 6) is 1.17. The van der Waals surface area contributed by atoms with Gasteiger partial charge < -0.3 is 5.73 Å². The highest BCUT2D eigenvalue weighted by Crippen LogP contribution is 2.24. The predicted molar refractivity (Wildman–Crippen MR) is 64.3 cm³/mol. The maximum Gasteiger partial charge on any atom is 0.143 e. The molecule has 1 aromatic heterocycles. The van der Waals surface area contributed by atoms with Crippen molar-refractivity contribution in [2.24, 2.45) is 11.7 Å². The fraction of sp³-hybridized carbons (Fsp3) is 0.750. The zero-order valence-electron chi connectivity index (χ0n) is 10.3. The van der Waals surface area contributed by atoms with Gasteiger partial charge in [-0.1, -0.05) is 6.42 Å². The second-order valence-electron chi connectivity index (χ2n) is 4.76. The lowest BCUT2D eigenvalue weighted by Crippen LogP contribution is -2.32. The number of nitrogens with two attached hydrogens (primary N) is 1. The first kappa shape index (κ1) is 12.2. The molecule has 1 heterocycles. The summed E-state index contributed by atoms with van der Waals surface area (Å²) in [6.07, 6.45) is 5.84. The summed E-state index contributed by atoms with van der Waals surface area (Å²) in [7, 11) is 0. The minimum atomic E-state index is 0.126. The third-order valence-electron chi connectivity index (χ3n) is 3.50. The highest BCUT2D eigenvalue weighted by Gasteiger charge is 2.26. The average molecular weight is 236 g/mol. The summed E-state index contributed by atoms with van der Waals surface area (Å²) in [4.78, 5) is 16.3. The van der Waals surface area contributed by atoms with Gasteiger partial charge in [-0.2, -0.15) is 5.10 Å². The molecule has 2 unspecified atom stereocenters. The first-order valence-corrected chi connectivity index (χ1v) is 6.35. The van der Waals surface area contributed by atoms with E-state index in [2.05, 4.69) is 10.1 Å². The Bertz CT molecular complexity index is 388. The highest BCUT2D eigenvalue weighted by molar-refractivity contribution is 5.82. The molecule has 1 aliphatic carbocycles. The molecular formula is C12H20N4O. The Hall–Kier alpha value is -1.23. The number of aromatic nitrogens is 3. The van der Waals surface area contributed by atoms with Gasteiger partial charge in [0.2, 0.25) is 0 Å². The van der Waals surface area contributed by atoms with Crippen molar-refractivity contribution in [1.29, 1.82) is 0 Å². The molecule has 0 aromatic carbocycles. The first-order valence-electron chi connectivity index (χ1n) is 6.35. The number of hydrogen-bond acceptors (Lipinski definition) is 4. The van der Waals surface area contributed by atoms with Crippen LogP contribution in [0.15, 0.2) is 6.33 Å². The Morgan fingerprint density at radius 3 is 3.12 bits per heavy atom. The average Bonchev–Trinajstić information content (AvgIpc) is 2.76. The Balaban J connectivity index is 1.96. The lowest BCUT2D eigenvalue weighted by molar-refractivity contribution is -0.123. The zero-order valence-corrected chi connectivity index (χ0v) is 10.3. The van der Waals surface area contributed by atoms with E-state index >= 15 is 0 Å². The Morgan fingerprint density at radius 1 is 1.59 bits per heavy atom. The predicted octanol–water partition coefficient (Wildman–Crippen LogP) is 0.927. The number of ketones is 1. The van der Waals surface area contributed by atoms with Crippen molar-refractivity contribution < 1.29 is 4.79 Å². The first-order chi connectivity index (χ1) is 8.20. The fourth-order valence-electron chi connectivity index (χ4n) is 2.51. The Morgan fingerprint density at radius 2 is 2.41 bits per heavy atom. The molecule has 1 fully saturated rings. The molecule has 0 radical (unpaired) electrons. The lowest BCUT2D eigenvalue weighted by Gasteiger charge is -2.25. The number of nitrogens with zero attached hydrogens (tertiary/aromatic N) is 3. The molecule has 0 bridgehead atoms. The van der Waals surface area contributed by atoms with Crippen molar-refractivity contribution in [2.75, 3.05) is 0 Å². The highest BCUT2D eigenvalue weighted by atomic mass is 16.1. The van der Waals surface area contributed by atoms with Gasteiger partial charge in [-0.25, -0.2) is 9.67 Å². The van der Waals surface area contributed by atoms with Crippen LogP contribution in [0.3, 0.4) is 0 Å². The quantitative estimate of drug-likeness (QED) is 0.844. The number of aryl methyl sites for hydroxylation is 1. The van der Waals surface area contributed by atoms with Crippen molar-refractivity contribution in [3.8, 4) is 0 Å². The Kier molecular flexibility index (Phi) is 3.89. The van der Waals surface area contributed by atoms with Gasteiger partial charge in [0.15, 0.2) is 0 Å². The molecule has 2 atom stereocenters. The van der Waals surface area contributed by atoms with Gasteiger partial charge in [-0.3, -0.25) is 4.79 Å². The van der Waals surface area contributed by atoms with Gasteiger partial charge in [0.1, 0.15) is 17.9 Å². The summed E-state index contributed by atoms with van der Waals surface area (Å²) in [6.45, 7) is 2.76. The maximum absolute atomic E-state index is 12.1. The van der Waals surface area contributed by atoms with E-state index in [9.17, 15) is 4.79 Å². The molecular weight excluding hydrogens is 216 g/mol. The van der Waals surface area contributed by atoms with Gasteiger partial charge in [0, 0.05) is 18.5 Å². The van der Waals surface area contributed by atoms with Gasteiger partial charge in [-0.15, -0.1) is 0 Å². The molecule has 0 saturated heterocycles. The van der Waals surface area contributed by atoms with E-state index in [0.29, 0.717) is 6.42 Å². The van der Waals surface area contributed by atoms with Crippen LogP contribution in [-0.2, 0) is 17.8 Å². The van der Waals surface area contributed by atoms with Gasteiger partial charge in [-0.05, 0) is 26.2 Å². The SMILES string of the molecule is CCn1ncnc1CC(=O)C1CCCC(N)C1. The topological polar surface area (TPSA) is 73.8 Å². The van der Waals surface area contributed by atoms with Crippen molar-refractivity contribution in [3.05, 3.63) is 12.2 Å². The number of Topliss-reactive ketones (excluding diaryl/α,β-unsaturated/α-hetero) is 1. The van der Waals surface area contributed by atoms with Crippen molar-refractivity contribution in [1.82, 2.24) is 14.8 Å². The second-order valence-corrected chi connectivity index (χ2v) is 4.76. The zero-order chi connectivity index (χ0) is 12.3. The van der Waals surface area contributed by atoms with Crippen LogP contribution in [0.2, 0.25) is 0 Å². The van der Waals surface area contributed by atoms with E-state index in [1.807, 2.05) is 6.92 Å². The summed E-state index contributed by atoms with van der Waals surface area (Å²) in [6, 6.07) is 0.196. The summed E-state index contributed by atoms with van der Waals surface area (Å²) in [5.41, 5.74) is 5.91. The molecule has 17 heavy (non-hydrogen) atoms. The number of carbonyl (C=O) groups is 1. The molecule has 1 aromatic rings. The van der Waals surface area contributed by atoms with E-state index in [-0.39, 0.29) is 17.7 Å². The van der Waals surface area contributed by atoms with Gasteiger partial charge in [0.25, 0.3) is 0 Å². The molecule has 5 nitrogen and oxygen atoms in total. The monoisotopic (exact) mass is 236 g/mol. The van der Waals surface area contributed by atoms with Crippen LogP contribution < -0.4 is 5.73 Å². The van der Waals surface area contributed by atoms with Crippen LogP contribution in [0, 0.1) is 5.92 Å². The molecule has 94 valence electrons. The summed E-state index contributed by atoms with van der Waals surface area (Å²) >= 11 is 0. The minimum Gasteiger partial charge on any atom is -0.328 e. The van der Waals surface area contributed by atoms with Crippen LogP contribution in [0.5, 0.6) is 0 Å². The van der Waals surface area contributed by atoms with E-state index in [0.717, 1.165) is 38.1 Å². The van der Waals surface area contributed by atoms with Crippen LogP contribution in [-0.4, -0.2) is 26.6 Å². The van der Waals surface area contributed by atoms with Crippen LogP contribution in [0.25, 0.3) is 0 Å². The molecule has 2 rings (SSSR count). The number of rotatable bonds is 4. The second kappa shape index (κ2) is 5.40. The third kappa shape index (κ3) is 2.91. The van der Waals surface area contributed by atoms with E-state index in [4.69, 9.17) is 5.73 Å². The van der Waals surface area contributed by atoms with E-state index < -0.39 is 0 Å². The fourth-order valence-corrected chi connectivity index (χ4v) is 2.51. The molecule has 0 spiro atoms. The normalized spacial score (nSPS) is 24.8. The lowest BCUT2D eigenvalue weighted by atomic mass is 9.82. The van der Waals surface area contributed by atoms with E-state index in [1.54, 1.807) is 4.68 Å². The van der Waals surface area contributed by atoms with Crippen molar-refractivity contribution in [2.45, 2.75) is 51.6 Å². The molecule has 1 saturated carbocycles. The molecule has 5 heteroatoms. The third-order valence-corrected chi connectivity index (χ3v) is 3.50. The van der Waals surface area contributed by atoms with Gasteiger partial charge in [0.05, 0.1) is 6.42 Å². The largest absolute Gasteiger partial charge is 0.328 e.